The third kappa shape index (κ3) is 4.19. The molecule has 4 nitrogen and oxygen atoms in total. The molecule has 0 spiro atoms. The van der Waals surface area contributed by atoms with Gasteiger partial charge in [0, 0.05) is 48.4 Å². The molecule has 1 aliphatic heterocycles. The average molecular weight is 401 g/mol. The molecule has 2 aromatic heterocycles. The van der Waals surface area contributed by atoms with Crippen molar-refractivity contribution >= 4 is 0 Å². The van der Waals surface area contributed by atoms with Gasteiger partial charge in [-0.3, -0.25) is 4.90 Å². The van der Waals surface area contributed by atoms with Crippen LogP contribution in [0.3, 0.4) is 0 Å². The van der Waals surface area contributed by atoms with Crippen molar-refractivity contribution in [2.24, 2.45) is 0 Å². The van der Waals surface area contributed by atoms with E-state index in [4.69, 9.17) is 4.42 Å². The highest BCUT2D eigenvalue weighted by molar-refractivity contribution is 5.63. The Kier molecular flexibility index (Phi) is 5.17. The second-order valence-electron chi connectivity index (χ2n) is 7.62. The van der Waals surface area contributed by atoms with Crippen LogP contribution in [0.15, 0.2) is 47.0 Å². The number of furan rings is 1. The van der Waals surface area contributed by atoms with Crippen LogP contribution in [0.25, 0.3) is 11.3 Å². The first kappa shape index (κ1) is 19.6. The molecule has 0 N–H and O–H groups in total. The summed E-state index contributed by atoms with van der Waals surface area (Å²) in [4.78, 5) is 11.3. The molecular formula is C22H22F3N3O. The Hall–Kier alpha value is -2.67. The van der Waals surface area contributed by atoms with E-state index in [1.807, 2.05) is 6.20 Å². The standard InChI is InChI=1S/C22H22F3N3O/c1-14(2)21-26-11-15-12-28(10-9-19(15)27-21)13-16-7-8-20(29-16)17-5-3-4-6-18(17)22(23,24)25/h3-8,11,14H,9-10,12-13H2,1-2H3. The van der Waals surface area contributed by atoms with Crippen molar-refractivity contribution in [1.82, 2.24) is 14.9 Å². The molecule has 0 radical (unpaired) electrons. The quantitative estimate of drug-likeness (QED) is 0.584. The number of hydrogen-bond donors (Lipinski definition) is 0. The van der Waals surface area contributed by atoms with E-state index in [1.165, 1.54) is 12.1 Å². The Bertz CT molecular complexity index is 1010. The van der Waals surface area contributed by atoms with Crippen molar-refractivity contribution < 1.29 is 17.6 Å². The van der Waals surface area contributed by atoms with Gasteiger partial charge in [0.1, 0.15) is 17.3 Å². The van der Waals surface area contributed by atoms with Crippen LogP contribution in [0.2, 0.25) is 0 Å². The SMILES string of the molecule is CC(C)c1ncc2c(n1)CCN(Cc1ccc(-c3ccccc3C(F)(F)F)o1)C2. The van der Waals surface area contributed by atoms with Gasteiger partial charge in [-0.05, 0) is 18.2 Å². The molecule has 0 saturated carbocycles. The van der Waals surface area contributed by atoms with Gasteiger partial charge >= 0.3 is 6.18 Å². The number of aromatic nitrogens is 2. The zero-order chi connectivity index (χ0) is 20.6. The van der Waals surface area contributed by atoms with E-state index in [9.17, 15) is 13.2 Å². The first-order valence-electron chi connectivity index (χ1n) is 9.63. The van der Waals surface area contributed by atoms with Crippen LogP contribution in [-0.2, 0) is 25.7 Å². The number of fused-ring (bicyclic) bond motifs is 1. The maximum absolute atomic E-state index is 13.3. The topological polar surface area (TPSA) is 42.2 Å². The van der Waals surface area contributed by atoms with Crippen molar-refractivity contribution in [3.63, 3.8) is 0 Å². The molecule has 0 atom stereocenters. The molecule has 1 aliphatic rings. The lowest BCUT2D eigenvalue weighted by Gasteiger charge is -2.27. The molecule has 0 saturated heterocycles. The number of benzene rings is 1. The van der Waals surface area contributed by atoms with Crippen molar-refractivity contribution in [2.45, 2.75) is 45.5 Å². The molecule has 0 fully saturated rings. The van der Waals surface area contributed by atoms with E-state index in [1.54, 1.807) is 18.2 Å². The molecule has 152 valence electrons. The minimum absolute atomic E-state index is 0.0601. The van der Waals surface area contributed by atoms with Crippen LogP contribution < -0.4 is 0 Å². The third-order valence-electron chi connectivity index (χ3n) is 5.09. The molecule has 3 aromatic rings. The largest absolute Gasteiger partial charge is 0.460 e. The predicted octanol–water partition coefficient (Wildman–Crippen LogP) is 5.44. The summed E-state index contributed by atoms with van der Waals surface area (Å²) >= 11 is 0. The van der Waals surface area contributed by atoms with Gasteiger partial charge in [0.05, 0.1) is 12.1 Å². The molecule has 0 bridgehead atoms. The van der Waals surface area contributed by atoms with Crippen LogP contribution in [-0.4, -0.2) is 21.4 Å². The van der Waals surface area contributed by atoms with Crippen LogP contribution >= 0.6 is 0 Å². The normalized spacial score (nSPS) is 15.0. The van der Waals surface area contributed by atoms with Gasteiger partial charge in [-0.25, -0.2) is 9.97 Å². The predicted molar refractivity (Wildman–Crippen MR) is 103 cm³/mol. The Balaban J connectivity index is 1.50. The molecule has 4 rings (SSSR count). The van der Waals surface area contributed by atoms with Crippen LogP contribution in [0, 0.1) is 0 Å². The van der Waals surface area contributed by atoms with Crippen LogP contribution in [0.1, 0.15) is 48.2 Å². The Morgan fingerprint density at radius 3 is 2.69 bits per heavy atom. The second kappa shape index (κ2) is 7.63. The van der Waals surface area contributed by atoms with Crippen molar-refractivity contribution in [3.8, 4) is 11.3 Å². The lowest BCUT2D eigenvalue weighted by molar-refractivity contribution is -0.137. The summed E-state index contributed by atoms with van der Waals surface area (Å²) in [5.74, 6) is 2.02. The van der Waals surface area contributed by atoms with Crippen LogP contribution in [0.4, 0.5) is 13.2 Å². The number of hydrogen-bond acceptors (Lipinski definition) is 4. The summed E-state index contributed by atoms with van der Waals surface area (Å²) in [6.07, 6.45) is -1.71. The van der Waals surface area contributed by atoms with Gasteiger partial charge in [0.2, 0.25) is 0 Å². The molecule has 0 amide bonds. The smallest absolute Gasteiger partial charge is 0.417 e. The van der Waals surface area contributed by atoms with E-state index >= 15 is 0 Å². The maximum Gasteiger partial charge on any atom is 0.417 e. The Labute approximate surface area is 167 Å². The first-order chi connectivity index (χ1) is 13.8. The highest BCUT2D eigenvalue weighted by atomic mass is 19.4. The molecule has 3 heterocycles. The lowest BCUT2D eigenvalue weighted by atomic mass is 10.1. The Morgan fingerprint density at radius 1 is 1.14 bits per heavy atom. The monoisotopic (exact) mass is 401 g/mol. The zero-order valence-corrected chi connectivity index (χ0v) is 16.3. The summed E-state index contributed by atoms with van der Waals surface area (Å²) < 4.78 is 45.6. The lowest BCUT2D eigenvalue weighted by Crippen LogP contribution is -2.31. The summed E-state index contributed by atoms with van der Waals surface area (Å²) in [6.45, 7) is 6.18. The van der Waals surface area contributed by atoms with E-state index in [2.05, 4.69) is 28.7 Å². The highest BCUT2D eigenvalue weighted by Crippen LogP contribution is 2.37. The summed E-state index contributed by atoms with van der Waals surface area (Å²) in [5.41, 5.74) is 1.55. The molecule has 0 unspecified atom stereocenters. The number of alkyl halides is 3. The van der Waals surface area contributed by atoms with E-state index in [0.29, 0.717) is 24.8 Å². The van der Waals surface area contributed by atoms with E-state index < -0.39 is 11.7 Å². The molecule has 7 heteroatoms. The number of nitrogens with zero attached hydrogens (tertiary/aromatic N) is 3. The van der Waals surface area contributed by atoms with Gasteiger partial charge in [-0.15, -0.1) is 0 Å². The fraction of sp³-hybridized carbons (Fsp3) is 0.364. The Morgan fingerprint density at radius 2 is 1.93 bits per heavy atom. The van der Waals surface area contributed by atoms with Gasteiger partial charge in [-0.2, -0.15) is 13.2 Å². The summed E-state index contributed by atoms with van der Waals surface area (Å²) in [6, 6.07) is 8.83. The van der Waals surface area contributed by atoms with E-state index in [-0.39, 0.29) is 11.3 Å². The van der Waals surface area contributed by atoms with E-state index in [0.717, 1.165) is 36.1 Å². The first-order valence-corrected chi connectivity index (χ1v) is 9.63. The minimum Gasteiger partial charge on any atom is -0.460 e. The average Bonchev–Trinajstić information content (AvgIpc) is 3.15. The van der Waals surface area contributed by atoms with Gasteiger partial charge in [-0.1, -0.05) is 32.0 Å². The van der Waals surface area contributed by atoms with Gasteiger partial charge in [0.25, 0.3) is 0 Å². The summed E-state index contributed by atoms with van der Waals surface area (Å²) in [7, 11) is 0. The molecule has 1 aromatic carbocycles. The zero-order valence-electron chi connectivity index (χ0n) is 16.3. The molecule has 29 heavy (non-hydrogen) atoms. The van der Waals surface area contributed by atoms with Crippen molar-refractivity contribution in [2.75, 3.05) is 6.54 Å². The molecular weight excluding hydrogens is 379 g/mol. The summed E-state index contributed by atoms with van der Waals surface area (Å²) in [5, 5.41) is 0. The fourth-order valence-electron chi connectivity index (χ4n) is 3.58. The van der Waals surface area contributed by atoms with Crippen molar-refractivity contribution in [1.29, 1.82) is 0 Å². The minimum atomic E-state index is -4.42. The fourth-order valence-corrected chi connectivity index (χ4v) is 3.58. The van der Waals surface area contributed by atoms with Gasteiger partial charge in [0.15, 0.2) is 0 Å². The number of rotatable bonds is 4. The number of halogens is 3. The maximum atomic E-state index is 13.3. The van der Waals surface area contributed by atoms with Crippen LogP contribution in [0.5, 0.6) is 0 Å². The third-order valence-corrected chi connectivity index (χ3v) is 5.09. The molecule has 0 aliphatic carbocycles. The van der Waals surface area contributed by atoms with Crippen molar-refractivity contribution in [3.05, 3.63) is 71.0 Å². The second-order valence-corrected chi connectivity index (χ2v) is 7.62. The van der Waals surface area contributed by atoms with Gasteiger partial charge < -0.3 is 4.42 Å². The highest BCUT2D eigenvalue weighted by Gasteiger charge is 2.34.